The van der Waals surface area contributed by atoms with Crippen molar-refractivity contribution >= 4 is 29.9 Å². The Hall–Kier alpha value is -0.820. The molecule has 1 fully saturated rings. The van der Waals surface area contributed by atoms with Crippen LogP contribution in [0.3, 0.4) is 0 Å². The number of hydrogen-bond donors (Lipinski definition) is 2. The van der Waals surface area contributed by atoms with E-state index in [1.54, 1.807) is 0 Å². The van der Waals surface area contributed by atoms with Crippen LogP contribution in [-0.4, -0.2) is 50.6 Å². The van der Waals surface area contributed by atoms with Crippen LogP contribution in [0.5, 0.6) is 0 Å². The number of rotatable bonds is 8. The molecule has 0 spiro atoms. The van der Waals surface area contributed by atoms with Crippen LogP contribution < -0.4 is 10.6 Å². The fraction of sp³-hybridized carbons (Fsp3) is 0.632. The van der Waals surface area contributed by atoms with Crippen LogP contribution in [0.1, 0.15) is 38.7 Å². The van der Waals surface area contributed by atoms with Gasteiger partial charge in [-0.05, 0) is 38.8 Å². The lowest BCUT2D eigenvalue weighted by molar-refractivity contribution is 0.255. The van der Waals surface area contributed by atoms with E-state index in [1.807, 2.05) is 7.05 Å². The summed E-state index contributed by atoms with van der Waals surface area (Å²) in [4.78, 5) is 6.73. The van der Waals surface area contributed by atoms with Crippen molar-refractivity contribution in [3.63, 3.8) is 0 Å². The quantitative estimate of drug-likeness (QED) is 0.368. The van der Waals surface area contributed by atoms with E-state index < -0.39 is 0 Å². The summed E-state index contributed by atoms with van der Waals surface area (Å²) in [7, 11) is 4.02. The minimum Gasteiger partial charge on any atom is -0.356 e. The molecule has 0 bridgehead atoms. The highest BCUT2D eigenvalue weighted by atomic mass is 127. The number of likely N-dealkylation sites (N-methyl/N-ethyl adjacent to an activating group) is 1. The Morgan fingerprint density at radius 3 is 2.46 bits per heavy atom. The van der Waals surface area contributed by atoms with Gasteiger partial charge >= 0.3 is 0 Å². The fourth-order valence-corrected chi connectivity index (χ4v) is 2.87. The van der Waals surface area contributed by atoms with Gasteiger partial charge in [-0.3, -0.25) is 4.99 Å². The Morgan fingerprint density at radius 2 is 1.92 bits per heavy atom. The predicted octanol–water partition coefficient (Wildman–Crippen LogP) is 3.23. The summed E-state index contributed by atoms with van der Waals surface area (Å²) in [5, 5.41) is 6.94. The van der Waals surface area contributed by atoms with Crippen molar-refractivity contribution in [1.29, 1.82) is 0 Å². The van der Waals surface area contributed by atoms with Gasteiger partial charge in [-0.15, -0.1) is 24.0 Å². The molecule has 1 aromatic carbocycles. The van der Waals surface area contributed by atoms with Gasteiger partial charge in [0.25, 0.3) is 0 Å². The lowest BCUT2D eigenvalue weighted by atomic mass is 9.96. The molecule has 4 nitrogen and oxygen atoms in total. The van der Waals surface area contributed by atoms with Gasteiger partial charge in [0.2, 0.25) is 0 Å². The second-order valence-electron chi connectivity index (χ2n) is 6.74. The summed E-state index contributed by atoms with van der Waals surface area (Å²) in [5.41, 5.74) is 1.76. The fourth-order valence-electron chi connectivity index (χ4n) is 2.87. The van der Waals surface area contributed by atoms with Crippen molar-refractivity contribution in [2.24, 2.45) is 4.99 Å². The minimum atomic E-state index is 0. The Balaban J connectivity index is 0.00000288. The summed E-state index contributed by atoms with van der Waals surface area (Å²) in [6.07, 6.45) is 3.71. The van der Waals surface area contributed by atoms with Crippen molar-refractivity contribution in [2.45, 2.75) is 44.6 Å². The van der Waals surface area contributed by atoms with Crippen LogP contribution in [0, 0.1) is 0 Å². The van der Waals surface area contributed by atoms with Crippen molar-refractivity contribution in [2.75, 3.05) is 33.7 Å². The van der Waals surface area contributed by atoms with Crippen molar-refractivity contribution in [3.05, 3.63) is 35.9 Å². The van der Waals surface area contributed by atoms with Crippen LogP contribution in [-0.2, 0) is 5.41 Å². The molecule has 1 aliphatic carbocycles. The molecule has 1 aliphatic rings. The van der Waals surface area contributed by atoms with Crippen LogP contribution in [0.25, 0.3) is 0 Å². The summed E-state index contributed by atoms with van der Waals surface area (Å²) in [6.45, 7) is 7.40. The van der Waals surface area contributed by atoms with Crippen LogP contribution >= 0.6 is 24.0 Å². The van der Waals surface area contributed by atoms with E-state index >= 15 is 0 Å². The molecule has 0 saturated heterocycles. The van der Waals surface area contributed by atoms with E-state index in [1.165, 1.54) is 24.8 Å². The second kappa shape index (κ2) is 10.2. The molecule has 2 rings (SSSR count). The minimum absolute atomic E-state index is 0. The predicted molar refractivity (Wildman–Crippen MR) is 115 cm³/mol. The molecule has 0 heterocycles. The summed E-state index contributed by atoms with van der Waals surface area (Å²) in [5.74, 6) is 0.907. The third kappa shape index (κ3) is 5.92. The number of guanidine groups is 1. The van der Waals surface area contributed by atoms with Gasteiger partial charge in [-0.2, -0.15) is 0 Å². The number of hydrogen-bond acceptors (Lipinski definition) is 2. The zero-order chi connectivity index (χ0) is 16.7. The van der Waals surface area contributed by atoms with Gasteiger partial charge in [0.1, 0.15) is 0 Å². The van der Waals surface area contributed by atoms with E-state index in [2.05, 4.69) is 71.8 Å². The van der Waals surface area contributed by atoms with Gasteiger partial charge in [-0.1, -0.05) is 37.3 Å². The van der Waals surface area contributed by atoms with Gasteiger partial charge in [0.05, 0.1) is 0 Å². The van der Waals surface area contributed by atoms with E-state index in [0.29, 0.717) is 11.5 Å². The van der Waals surface area contributed by atoms with Gasteiger partial charge < -0.3 is 15.5 Å². The van der Waals surface area contributed by atoms with E-state index in [0.717, 1.165) is 25.6 Å². The Labute approximate surface area is 164 Å². The number of aliphatic imine (C=N–C) groups is 1. The first-order valence-electron chi connectivity index (χ1n) is 8.81. The van der Waals surface area contributed by atoms with E-state index in [9.17, 15) is 0 Å². The van der Waals surface area contributed by atoms with Crippen LogP contribution in [0.4, 0.5) is 0 Å². The lowest BCUT2D eigenvalue weighted by Crippen LogP contribution is -2.44. The first-order valence-corrected chi connectivity index (χ1v) is 8.81. The van der Waals surface area contributed by atoms with Gasteiger partial charge in [0, 0.05) is 38.1 Å². The second-order valence-corrected chi connectivity index (χ2v) is 6.74. The summed E-state index contributed by atoms with van der Waals surface area (Å²) in [6, 6.07) is 11.5. The molecule has 1 atom stereocenters. The number of nitrogens with one attached hydrogen (secondary N) is 2. The molecule has 0 amide bonds. The smallest absolute Gasteiger partial charge is 0.191 e. The SMILES string of the molecule is CCC(C)N(C)CCNC(=NC)NCC1(c2ccccc2)CC1.I. The van der Waals surface area contributed by atoms with Crippen molar-refractivity contribution < 1.29 is 0 Å². The van der Waals surface area contributed by atoms with Gasteiger partial charge in [-0.25, -0.2) is 0 Å². The van der Waals surface area contributed by atoms with E-state index in [-0.39, 0.29) is 24.0 Å². The van der Waals surface area contributed by atoms with Crippen LogP contribution in [0.15, 0.2) is 35.3 Å². The highest BCUT2D eigenvalue weighted by molar-refractivity contribution is 14.0. The first-order chi connectivity index (χ1) is 11.1. The molecule has 1 aromatic rings. The van der Waals surface area contributed by atoms with Crippen molar-refractivity contribution in [3.8, 4) is 0 Å². The maximum absolute atomic E-state index is 4.35. The monoisotopic (exact) mass is 444 g/mol. The molecule has 1 unspecified atom stereocenters. The lowest BCUT2D eigenvalue weighted by Gasteiger charge is -2.24. The van der Waals surface area contributed by atoms with Gasteiger partial charge in [0.15, 0.2) is 5.96 Å². The third-order valence-electron chi connectivity index (χ3n) is 5.16. The zero-order valence-electron chi connectivity index (χ0n) is 15.5. The molecule has 0 aromatic heterocycles. The normalized spacial score (nSPS) is 17.1. The molecule has 0 aliphatic heterocycles. The Bertz CT molecular complexity index is 499. The summed E-state index contributed by atoms with van der Waals surface area (Å²) >= 11 is 0. The Kier molecular flexibility index (Phi) is 9.05. The third-order valence-corrected chi connectivity index (χ3v) is 5.16. The molecular formula is C19H33IN4. The molecular weight excluding hydrogens is 411 g/mol. The van der Waals surface area contributed by atoms with Crippen molar-refractivity contribution in [1.82, 2.24) is 15.5 Å². The molecule has 0 radical (unpaired) electrons. The van der Waals surface area contributed by atoms with Crippen LogP contribution in [0.2, 0.25) is 0 Å². The van der Waals surface area contributed by atoms with E-state index in [4.69, 9.17) is 0 Å². The molecule has 5 heteroatoms. The first kappa shape index (κ1) is 21.2. The highest BCUT2D eigenvalue weighted by Gasteiger charge is 2.43. The number of nitrogens with zero attached hydrogens (tertiary/aromatic N) is 2. The topological polar surface area (TPSA) is 39.7 Å². The highest BCUT2D eigenvalue weighted by Crippen LogP contribution is 2.47. The maximum atomic E-state index is 4.35. The largest absolute Gasteiger partial charge is 0.356 e. The molecule has 1 saturated carbocycles. The summed E-state index contributed by atoms with van der Waals surface area (Å²) < 4.78 is 0. The Morgan fingerprint density at radius 1 is 1.25 bits per heavy atom. The average molecular weight is 444 g/mol. The number of halogens is 1. The molecule has 136 valence electrons. The standard InChI is InChI=1S/C19H32N4.HI/c1-5-16(2)23(4)14-13-21-18(20-3)22-15-19(11-12-19)17-9-7-6-8-10-17;/h6-10,16H,5,11-15H2,1-4H3,(H2,20,21,22);1H. The average Bonchev–Trinajstić information content (AvgIpc) is 3.39. The number of benzene rings is 1. The maximum Gasteiger partial charge on any atom is 0.191 e. The molecule has 24 heavy (non-hydrogen) atoms. The molecule has 2 N–H and O–H groups in total. The zero-order valence-corrected chi connectivity index (χ0v) is 17.8.